The molecular weight excluding hydrogens is 940 g/mol. The molecule has 3 amide bonds. The summed E-state index contributed by atoms with van der Waals surface area (Å²) in [6.07, 6.45) is 3.94. The molecule has 1 aromatic heterocycles. The van der Waals surface area contributed by atoms with Gasteiger partial charge < -0.3 is 67.5 Å². The summed E-state index contributed by atoms with van der Waals surface area (Å²) in [5, 5.41) is 12.1. The summed E-state index contributed by atoms with van der Waals surface area (Å²) in [6, 6.07) is -3.17. The molecule has 0 spiro atoms. The molecule has 0 saturated carbocycles. The summed E-state index contributed by atoms with van der Waals surface area (Å²) >= 11 is 0. The highest BCUT2D eigenvalue weighted by Gasteiger charge is 2.31. The lowest BCUT2D eigenvalue weighted by atomic mass is 10.2. The molecule has 0 aromatic carbocycles. The van der Waals surface area contributed by atoms with Gasteiger partial charge >= 0.3 is 0 Å². The Morgan fingerprint density at radius 3 is 1.65 bits per heavy atom. The zero-order chi connectivity index (χ0) is 49.1. The van der Waals surface area contributed by atoms with Crippen LogP contribution in [0.15, 0.2) is 6.20 Å². The Morgan fingerprint density at radius 2 is 1.26 bits per heavy atom. The van der Waals surface area contributed by atoms with Crippen LogP contribution in [0.3, 0.4) is 0 Å². The highest BCUT2D eigenvalue weighted by molar-refractivity contribution is 7.95. The van der Waals surface area contributed by atoms with Gasteiger partial charge in [-0.25, -0.2) is 12.6 Å². The third-order valence-corrected chi connectivity index (χ3v) is 11.0. The van der Waals surface area contributed by atoms with E-state index in [-0.39, 0.29) is 51.1 Å². The molecule has 1 aromatic rings. The van der Waals surface area contributed by atoms with Crippen LogP contribution in [0.25, 0.3) is 0 Å². The number of aromatic nitrogens is 3. The molecular formula is C28H55N10O19PS4. The Labute approximate surface area is 357 Å². The van der Waals surface area contributed by atoms with Gasteiger partial charge in [0, 0.05) is 63.5 Å². The fraction of sp³-hybridized carbons (Fsp3) is 0.643. The zero-order valence-electron chi connectivity index (χ0n) is 33.4. The van der Waals surface area contributed by atoms with Gasteiger partial charge in [-0.15, -0.1) is 5.10 Å². The molecule has 0 aliphatic rings. The van der Waals surface area contributed by atoms with E-state index in [1.807, 2.05) is 5.32 Å². The first-order valence-electron chi connectivity index (χ1n) is 17.1. The highest BCUT2D eigenvalue weighted by atomic mass is 32.2. The first kappa shape index (κ1) is 62.3. The molecule has 7 unspecified atom stereocenters. The molecule has 62 heavy (non-hydrogen) atoms. The predicted molar refractivity (Wildman–Crippen MR) is 223 cm³/mol. The van der Waals surface area contributed by atoms with Crippen LogP contribution in [0.5, 0.6) is 0 Å². The minimum Gasteiger partial charge on any atom is -0.354 e. The Kier molecular flexibility index (Phi) is 30.3. The molecule has 1 rings (SSSR count). The van der Waals surface area contributed by atoms with Crippen molar-refractivity contribution in [3.05, 3.63) is 11.9 Å². The number of aryl methyl sites for hydroxylation is 1. The molecule has 15 N–H and O–H groups in total. The van der Waals surface area contributed by atoms with Crippen LogP contribution >= 0.6 is 7.37 Å². The quantitative estimate of drug-likeness (QED) is 0.0188. The van der Waals surface area contributed by atoms with Crippen LogP contribution < -0.4 is 38.9 Å². The predicted octanol–water partition coefficient (Wildman–Crippen LogP) is -7.71. The van der Waals surface area contributed by atoms with E-state index in [1.165, 1.54) is 17.5 Å². The smallest absolute Gasteiger partial charge is 0.276 e. The lowest BCUT2D eigenvalue weighted by molar-refractivity contribution is -0.122. The standard InChI is InChI=1S/C8H16N2O7S2.C7H12N4O4S.C7H15N2O4P.C6H12N2O4S/c1-18(13,14)3-2-7(19(15,16)17)8(12)10-4-6(9)5-11;8-6(5-12)3-7-4-11(10-9-7)1-2-16(13,14)15;1-14(12,13)3-2-7(11)9-4-6(8)5-10;1-13(11,12)4-6(10)8-2-5(7)3-9/h5-7H,1-4,9H2,(H,10,12)(H,13,14)(H,15,16,17);4-6H,1-3,8H2,(H,13,14,15);5-6H,2-4,8H2,1H3,(H,9,11)(H,12,13);3,5H,2,4,7H2,1H3,(H,8,10). The monoisotopic (exact) mass is 994 g/mol. The topological polar surface area (TPSA) is 508 Å². The van der Waals surface area contributed by atoms with E-state index in [4.69, 9.17) is 41.5 Å². The van der Waals surface area contributed by atoms with Gasteiger partial charge in [-0.1, -0.05) is 5.21 Å². The average Bonchev–Trinajstić information content (AvgIpc) is 3.58. The van der Waals surface area contributed by atoms with Gasteiger partial charge in [0.2, 0.25) is 17.7 Å². The molecule has 0 radical (unpaired) electrons. The molecule has 0 saturated heterocycles. The molecule has 0 aliphatic carbocycles. The second kappa shape index (κ2) is 30.2. The van der Waals surface area contributed by atoms with Gasteiger partial charge in [0.15, 0.2) is 22.5 Å². The number of hydrogen-bond acceptors (Lipinski definition) is 21. The van der Waals surface area contributed by atoms with Crippen LogP contribution in [0, 0.1) is 0 Å². The number of carbonyl (C=O) groups excluding carboxylic acids is 7. The molecule has 7 atom stereocenters. The van der Waals surface area contributed by atoms with Crippen molar-refractivity contribution in [2.24, 2.45) is 22.9 Å². The molecule has 0 aliphatic heterocycles. The number of carbonyl (C=O) groups is 7. The minimum atomic E-state index is -4.75. The summed E-state index contributed by atoms with van der Waals surface area (Å²) in [5.41, 5.74) is 21.4. The van der Waals surface area contributed by atoms with E-state index in [1.54, 1.807) is 0 Å². The number of amides is 3. The van der Waals surface area contributed by atoms with Gasteiger partial charge in [-0.05, 0) is 12.3 Å². The fourth-order valence-corrected chi connectivity index (χ4v) is 6.51. The third kappa shape index (κ3) is 40.1. The van der Waals surface area contributed by atoms with Crippen LogP contribution in [-0.2, 0) is 91.0 Å². The minimum absolute atomic E-state index is 0.00214. The van der Waals surface area contributed by atoms with Crippen molar-refractivity contribution in [3.63, 3.8) is 0 Å². The van der Waals surface area contributed by atoms with Gasteiger partial charge in [0.25, 0.3) is 20.2 Å². The summed E-state index contributed by atoms with van der Waals surface area (Å²) in [7, 11) is -18.7. The summed E-state index contributed by atoms with van der Waals surface area (Å²) in [6.45, 7) is 0.895. The van der Waals surface area contributed by atoms with Crippen LogP contribution in [0.1, 0.15) is 18.5 Å². The normalized spacial score (nSPS) is 15.6. The Bertz CT molecular complexity index is 2100. The van der Waals surface area contributed by atoms with Gasteiger partial charge in [0.05, 0.1) is 52.0 Å². The van der Waals surface area contributed by atoms with Gasteiger partial charge in [0.1, 0.15) is 30.9 Å². The van der Waals surface area contributed by atoms with Gasteiger partial charge in [-0.3, -0.25) is 32.7 Å². The Balaban J connectivity index is -0.000000756. The van der Waals surface area contributed by atoms with Crippen molar-refractivity contribution < 1.29 is 86.1 Å². The first-order valence-corrected chi connectivity index (χ1v) is 26.4. The molecule has 360 valence electrons. The first-order chi connectivity index (χ1) is 28.1. The maximum Gasteiger partial charge on any atom is 0.276 e. The van der Waals surface area contributed by atoms with E-state index in [0.717, 1.165) is 6.26 Å². The Morgan fingerprint density at radius 1 is 0.806 bits per heavy atom. The van der Waals surface area contributed by atoms with E-state index in [2.05, 4.69) is 26.8 Å². The second-order valence-corrected chi connectivity index (χ2v) is 22.7. The maximum absolute atomic E-state index is 11.5. The van der Waals surface area contributed by atoms with Crippen molar-refractivity contribution in [1.29, 1.82) is 0 Å². The number of nitrogens with one attached hydrogen (secondary N) is 3. The number of nitrogens with two attached hydrogens (primary N) is 4. The lowest BCUT2D eigenvalue weighted by Gasteiger charge is -2.14. The fourth-order valence-electron chi connectivity index (χ4n) is 3.37. The second-order valence-electron chi connectivity index (χ2n) is 12.9. The molecule has 34 heteroatoms. The summed E-state index contributed by atoms with van der Waals surface area (Å²) in [5.74, 6) is -0.856. The third-order valence-electron chi connectivity index (χ3n) is 6.39. The summed E-state index contributed by atoms with van der Waals surface area (Å²) in [4.78, 5) is 82.8. The van der Waals surface area contributed by atoms with Crippen LogP contribution in [0.2, 0.25) is 0 Å². The Hall–Kier alpha value is -3.99. The number of rotatable bonds is 25. The average molecular weight is 995 g/mol. The van der Waals surface area contributed by atoms with Crippen molar-refractivity contribution >= 4 is 96.0 Å². The number of hydrogen-bond donors (Lipinski definition) is 11. The zero-order valence-corrected chi connectivity index (χ0v) is 37.6. The van der Waals surface area contributed by atoms with Crippen molar-refractivity contribution in [2.75, 3.05) is 56.0 Å². The maximum atomic E-state index is 11.5. The largest absolute Gasteiger partial charge is 0.354 e. The SMILES string of the molecule is C=S(=O)(O)CCC(C(=O)NCC(N)C=O)S(=O)(=O)O.CP(=O)(O)CCC(=O)NCC(N)C=O.CS(=O)(=O)CC(=O)NCC(N)C=O.NC(C=O)Cc1cn(CCS(=O)(=O)O)nn1. The van der Waals surface area contributed by atoms with E-state index < -0.39 is 112 Å². The molecule has 1 heterocycles. The van der Waals surface area contributed by atoms with E-state index in [0.29, 0.717) is 30.8 Å². The van der Waals surface area contributed by atoms with Gasteiger partial charge in [-0.2, -0.15) is 16.8 Å². The van der Waals surface area contributed by atoms with Crippen molar-refractivity contribution in [3.8, 4) is 0 Å². The highest BCUT2D eigenvalue weighted by Crippen LogP contribution is 2.35. The number of aldehydes is 4. The molecule has 0 bridgehead atoms. The summed E-state index contributed by atoms with van der Waals surface area (Å²) < 4.78 is 113. The van der Waals surface area contributed by atoms with E-state index >= 15 is 0 Å². The molecule has 0 fully saturated rings. The van der Waals surface area contributed by atoms with Crippen molar-refractivity contribution in [1.82, 2.24) is 30.9 Å². The van der Waals surface area contributed by atoms with Crippen molar-refractivity contribution in [2.45, 2.75) is 55.2 Å². The van der Waals surface area contributed by atoms with E-state index in [9.17, 15) is 67.6 Å². The lowest BCUT2D eigenvalue weighted by Crippen LogP contribution is -2.45. The van der Waals surface area contributed by atoms with Crippen LogP contribution in [0.4, 0.5) is 0 Å². The van der Waals surface area contributed by atoms with Crippen LogP contribution in [-0.4, -0.2) is 197 Å². The number of nitrogens with zero attached hydrogens (tertiary/aromatic N) is 3. The molecule has 29 nitrogen and oxygen atoms in total. The number of sulfone groups is 1.